The number of nitrogens with zero attached hydrogens (tertiary/aromatic N) is 1. The largest absolute Gasteiger partial charge is 0.377 e. The molecule has 0 bridgehead atoms. The van der Waals surface area contributed by atoms with E-state index in [4.69, 9.17) is 16.2 Å². The van der Waals surface area contributed by atoms with E-state index in [0.29, 0.717) is 13.0 Å². The van der Waals surface area contributed by atoms with E-state index < -0.39 is 11.9 Å². The number of rotatable bonds is 8. The second kappa shape index (κ2) is 7.62. The van der Waals surface area contributed by atoms with Crippen LogP contribution in [0.1, 0.15) is 20.3 Å². The molecular weight excluding hydrogens is 194 g/mol. The fraction of sp³-hybridized carbons (Fsp3) is 0.900. The standard InChI is InChI=1S/C10H23N3O2/c1-8(2)15-7-6-13(3)5-4-9(11)10(12)14/h8-9H,4-7,11H2,1-3H3,(H2,12,14). The molecule has 1 amide bonds. The van der Waals surface area contributed by atoms with Crippen LogP contribution in [0.2, 0.25) is 0 Å². The van der Waals surface area contributed by atoms with Gasteiger partial charge in [-0.1, -0.05) is 0 Å². The summed E-state index contributed by atoms with van der Waals surface area (Å²) in [7, 11) is 1.97. The van der Waals surface area contributed by atoms with Gasteiger partial charge in [-0.3, -0.25) is 4.79 Å². The van der Waals surface area contributed by atoms with Gasteiger partial charge >= 0.3 is 0 Å². The lowest BCUT2D eigenvalue weighted by molar-refractivity contribution is -0.119. The van der Waals surface area contributed by atoms with Crippen molar-refractivity contribution < 1.29 is 9.53 Å². The van der Waals surface area contributed by atoms with Crippen LogP contribution in [0.4, 0.5) is 0 Å². The topological polar surface area (TPSA) is 81.6 Å². The molecular formula is C10H23N3O2. The summed E-state index contributed by atoms with van der Waals surface area (Å²) in [4.78, 5) is 12.7. The van der Waals surface area contributed by atoms with Gasteiger partial charge in [-0.05, 0) is 33.9 Å². The fourth-order valence-electron chi connectivity index (χ4n) is 1.06. The smallest absolute Gasteiger partial charge is 0.234 e. The maximum absolute atomic E-state index is 10.7. The van der Waals surface area contributed by atoms with E-state index in [9.17, 15) is 4.79 Å². The quantitative estimate of drug-likeness (QED) is 0.577. The number of likely N-dealkylation sites (N-methyl/N-ethyl adjacent to an activating group) is 1. The highest BCUT2D eigenvalue weighted by molar-refractivity contribution is 5.79. The zero-order valence-corrected chi connectivity index (χ0v) is 9.90. The molecule has 0 aromatic rings. The minimum absolute atomic E-state index is 0.256. The molecule has 0 saturated carbocycles. The number of hydrogen-bond acceptors (Lipinski definition) is 4. The Morgan fingerprint density at radius 1 is 1.40 bits per heavy atom. The first-order chi connectivity index (χ1) is 6.93. The van der Waals surface area contributed by atoms with Crippen LogP contribution in [0.15, 0.2) is 0 Å². The normalized spacial score (nSPS) is 13.5. The number of carbonyl (C=O) groups is 1. The summed E-state index contributed by atoms with van der Waals surface area (Å²) in [6, 6.07) is -0.543. The minimum atomic E-state index is -0.543. The lowest BCUT2D eigenvalue weighted by Crippen LogP contribution is -2.39. The molecule has 5 nitrogen and oxygen atoms in total. The van der Waals surface area contributed by atoms with Gasteiger partial charge in [0, 0.05) is 6.54 Å². The Kier molecular flexibility index (Phi) is 7.29. The summed E-state index contributed by atoms with van der Waals surface area (Å²) in [5.74, 6) is -0.443. The summed E-state index contributed by atoms with van der Waals surface area (Å²) in [6.45, 7) is 6.29. The molecule has 0 aromatic heterocycles. The Bertz CT molecular complexity index is 186. The highest BCUT2D eigenvalue weighted by Gasteiger charge is 2.09. The molecule has 90 valence electrons. The number of carbonyl (C=O) groups excluding carboxylic acids is 1. The zero-order chi connectivity index (χ0) is 11.8. The van der Waals surface area contributed by atoms with E-state index in [2.05, 4.69) is 4.90 Å². The molecule has 0 spiro atoms. The van der Waals surface area contributed by atoms with Gasteiger partial charge in [0.05, 0.1) is 18.8 Å². The Morgan fingerprint density at radius 3 is 2.47 bits per heavy atom. The van der Waals surface area contributed by atoms with E-state index in [1.165, 1.54) is 0 Å². The summed E-state index contributed by atoms with van der Waals surface area (Å²) >= 11 is 0. The molecule has 0 aliphatic rings. The molecule has 0 saturated heterocycles. The van der Waals surface area contributed by atoms with Crippen molar-refractivity contribution in [1.82, 2.24) is 4.90 Å². The summed E-state index contributed by atoms with van der Waals surface area (Å²) in [6.07, 6.45) is 0.847. The van der Waals surface area contributed by atoms with Crippen molar-refractivity contribution in [3.8, 4) is 0 Å². The number of nitrogens with two attached hydrogens (primary N) is 2. The molecule has 0 aliphatic heterocycles. The summed E-state index contributed by atoms with van der Waals surface area (Å²) in [5.41, 5.74) is 10.6. The van der Waals surface area contributed by atoms with Crippen LogP contribution in [0.25, 0.3) is 0 Å². The first-order valence-corrected chi connectivity index (χ1v) is 5.28. The highest BCUT2D eigenvalue weighted by atomic mass is 16.5. The number of primary amides is 1. The van der Waals surface area contributed by atoms with Gasteiger partial charge in [0.1, 0.15) is 0 Å². The predicted molar refractivity (Wildman–Crippen MR) is 60.4 cm³/mol. The lowest BCUT2D eigenvalue weighted by atomic mass is 10.2. The van der Waals surface area contributed by atoms with Gasteiger partial charge in [0.25, 0.3) is 0 Å². The molecule has 1 unspecified atom stereocenters. The van der Waals surface area contributed by atoms with Crippen molar-refractivity contribution in [3.05, 3.63) is 0 Å². The minimum Gasteiger partial charge on any atom is -0.377 e. The number of hydrogen-bond donors (Lipinski definition) is 2. The fourth-order valence-corrected chi connectivity index (χ4v) is 1.06. The average molecular weight is 217 g/mol. The van der Waals surface area contributed by atoms with Crippen LogP contribution in [0.3, 0.4) is 0 Å². The predicted octanol–water partition coefficient (Wildman–Crippen LogP) is -0.454. The molecule has 5 heteroatoms. The van der Waals surface area contributed by atoms with Gasteiger partial charge < -0.3 is 21.1 Å². The third-order valence-electron chi connectivity index (χ3n) is 2.11. The highest BCUT2D eigenvalue weighted by Crippen LogP contribution is 1.93. The van der Waals surface area contributed by atoms with Crippen molar-refractivity contribution in [3.63, 3.8) is 0 Å². The van der Waals surface area contributed by atoms with Crippen molar-refractivity contribution in [2.24, 2.45) is 11.5 Å². The van der Waals surface area contributed by atoms with E-state index in [0.717, 1.165) is 13.1 Å². The monoisotopic (exact) mass is 217 g/mol. The second-order valence-electron chi connectivity index (χ2n) is 4.02. The van der Waals surface area contributed by atoms with Crippen LogP contribution >= 0.6 is 0 Å². The van der Waals surface area contributed by atoms with Crippen LogP contribution < -0.4 is 11.5 Å². The SMILES string of the molecule is CC(C)OCCN(C)CCC(N)C(N)=O. The van der Waals surface area contributed by atoms with E-state index in [1.807, 2.05) is 20.9 Å². The Morgan fingerprint density at radius 2 is 2.00 bits per heavy atom. The molecule has 1 atom stereocenters. The third-order valence-corrected chi connectivity index (χ3v) is 2.11. The van der Waals surface area contributed by atoms with Gasteiger partial charge in [0.15, 0.2) is 0 Å². The maximum Gasteiger partial charge on any atom is 0.234 e. The molecule has 0 radical (unpaired) electrons. The van der Waals surface area contributed by atoms with E-state index in [1.54, 1.807) is 0 Å². The van der Waals surface area contributed by atoms with Gasteiger partial charge in [0.2, 0.25) is 5.91 Å². The number of ether oxygens (including phenoxy) is 1. The second-order valence-corrected chi connectivity index (χ2v) is 4.02. The molecule has 4 N–H and O–H groups in total. The Balaban J connectivity index is 3.48. The van der Waals surface area contributed by atoms with Gasteiger partial charge in [-0.25, -0.2) is 0 Å². The first-order valence-electron chi connectivity index (χ1n) is 5.28. The average Bonchev–Trinajstić information content (AvgIpc) is 2.13. The Labute approximate surface area is 91.7 Å². The van der Waals surface area contributed by atoms with Crippen molar-refractivity contribution >= 4 is 5.91 Å². The molecule has 0 aromatic carbocycles. The van der Waals surface area contributed by atoms with Crippen molar-refractivity contribution in [2.45, 2.75) is 32.4 Å². The van der Waals surface area contributed by atoms with Crippen LogP contribution in [-0.4, -0.2) is 49.7 Å². The molecule has 0 fully saturated rings. The van der Waals surface area contributed by atoms with E-state index in [-0.39, 0.29) is 6.10 Å². The maximum atomic E-state index is 10.7. The van der Waals surface area contributed by atoms with Gasteiger partial charge in [-0.15, -0.1) is 0 Å². The zero-order valence-electron chi connectivity index (χ0n) is 9.90. The molecule has 15 heavy (non-hydrogen) atoms. The van der Waals surface area contributed by atoms with Gasteiger partial charge in [-0.2, -0.15) is 0 Å². The summed E-state index contributed by atoms with van der Waals surface area (Å²) < 4.78 is 5.40. The molecule has 0 aliphatic carbocycles. The first kappa shape index (κ1) is 14.3. The number of amides is 1. The third kappa shape index (κ3) is 8.35. The summed E-state index contributed by atoms with van der Waals surface area (Å²) in [5, 5.41) is 0. The lowest BCUT2D eigenvalue weighted by Gasteiger charge is -2.18. The van der Waals surface area contributed by atoms with Crippen molar-refractivity contribution in [2.75, 3.05) is 26.7 Å². The molecule has 0 rings (SSSR count). The van der Waals surface area contributed by atoms with E-state index >= 15 is 0 Å². The van der Waals surface area contributed by atoms with Crippen LogP contribution in [0, 0.1) is 0 Å². The van der Waals surface area contributed by atoms with Crippen LogP contribution in [0.5, 0.6) is 0 Å². The van der Waals surface area contributed by atoms with Crippen LogP contribution in [-0.2, 0) is 9.53 Å². The molecule has 0 heterocycles. The Hall–Kier alpha value is -0.650. The van der Waals surface area contributed by atoms with Crippen molar-refractivity contribution in [1.29, 1.82) is 0 Å².